The topological polar surface area (TPSA) is 41.1 Å². The minimum absolute atomic E-state index is 0.264. The molecule has 0 radical (unpaired) electrons. The Bertz CT molecular complexity index is 324. The second kappa shape index (κ2) is 5.64. The molecule has 0 spiro atoms. The van der Waals surface area contributed by atoms with Gasteiger partial charge in [-0.1, -0.05) is 12.8 Å². The number of rotatable bonds is 4. The molecule has 1 heterocycles. The van der Waals surface area contributed by atoms with Crippen LogP contribution < -0.4 is 10.6 Å². The Balaban J connectivity index is 1.81. The minimum Gasteiger partial charge on any atom is -0.348 e. The molecule has 2 rings (SSSR count). The van der Waals surface area contributed by atoms with E-state index in [4.69, 9.17) is 0 Å². The van der Waals surface area contributed by atoms with Gasteiger partial charge in [0.05, 0.1) is 12.6 Å². The standard InChI is InChI=1S/C12H18F4N2O/c13-11(14)12(15,16)6-17-10(19)9-5-7-3-1-2-4-8(7)18-9/h7-9,11,18H,1-6H2,(H,17,19). The Hall–Kier alpha value is -0.850. The van der Waals surface area contributed by atoms with E-state index in [-0.39, 0.29) is 6.04 Å². The van der Waals surface area contributed by atoms with Crippen molar-refractivity contribution in [3.63, 3.8) is 0 Å². The largest absolute Gasteiger partial charge is 0.348 e. The van der Waals surface area contributed by atoms with Crippen molar-refractivity contribution < 1.29 is 22.4 Å². The van der Waals surface area contributed by atoms with Gasteiger partial charge in [-0.15, -0.1) is 0 Å². The molecule has 19 heavy (non-hydrogen) atoms. The van der Waals surface area contributed by atoms with Gasteiger partial charge in [-0.3, -0.25) is 4.79 Å². The summed E-state index contributed by atoms with van der Waals surface area (Å²) in [4.78, 5) is 11.7. The summed E-state index contributed by atoms with van der Waals surface area (Å²) >= 11 is 0. The van der Waals surface area contributed by atoms with E-state index >= 15 is 0 Å². The highest BCUT2D eigenvalue weighted by Crippen LogP contribution is 2.33. The van der Waals surface area contributed by atoms with Crippen LogP contribution in [-0.2, 0) is 4.79 Å². The summed E-state index contributed by atoms with van der Waals surface area (Å²) in [7, 11) is 0. The fourth-order valence-corrected chi connectivity index (χ4v) is 2.93. The smallest absolute Gasteiger partial charge is 0.324 e. The molecule has 1 aliphatic carbocycles. The van der Waals surface area contributed by atoms with Crippen LogP contribution >= 0.6 is 0 Å². The maximum absolute atomic E-state index is 12.7. The molecule has 1 saturated heterocycles. The number of nitrogens with one attached hydrogen (secondary N) is 2. The Morgan fingerprint density at radius 3 is 2.63 bits per heavy atom. The summed E-state index contributed by atoms with van der Waals surface area (Å²) in [6.07, 6.45) is 1.10. The van der Waals surface area contributed by atoms with E-state index in [1.165, 1.54) is 0 Å². The van der Waals surface area contributed by atoms with Crippen LogP contribution in [0.5, 0.6) is 0 Å². The number of hydrogen-bond acceptors (Lipinski definition) is 2. The van der Waals surface area contributed by atoms with Crippen molar-refractivity contribution >= 4 is 5.91 Å². The van der Waals surface area contributed by atoms with E-state index in [0.717, 1.165) is 25.7 Å². The summed E-state index contributed by atoms with van der Waals surface area (Å²) < 4.78 is 49.3. The minimum atomic E-state index is -4.17. The highest BCUT2D eigenvalue weighted by molar-refractivity contribution is 5.82. The van der Waals surface area contributed by atoms with Gasteiger partial charge in [0.25, 0.3) is 0 Å². The van der Waals surface area contributed by atoms with Crippen LogP contribution in [0.25, 0.3) is 0 Å². The quantitative estimate of drug-likeness (QED) is 0.774. The molecule has 0 aromatic heterocycles. The lowest BCUT2D eigenvalue weighted by Gasteiger charge is -2.24. The first kappa shape index (κ1) is 14.6. The third-order valence-electron chi connectivity index (χ3n) is 4.00. The van der Waals surface area contributed by atoms with Crippen molar-refractivity contribution in [2.45, 2.75) is 56.5 Å². The number of halogens is 4. The summed E-state index contributed by atoms with van der Waals surface area (Å²) in [5.74, 6) is -4.36. The van der Waals surface area contributed by atoms with Crippen molar-refractivity contribution in [1.82, 2.24) is 10.6 Å². The van der Waals surface area contributed by atoms with Crippen molar-refractivity contribution in [1.29, 1.82) is 0 Å². The first-order valence-electron chi connectivity index (χ1n) is 6.60. The summed E-state index contributed by atoms with van der Waals surface area (Å²) in [5, 5.41) is 5.04. The second-order valence-corrected chi connectivity index (χ2v) is 5.39. The fourth-order valence-electron chi connectivity index (χ4n) is 2.93. The number of carbonyl (C=O) groups excluding carboxylic acids is 1. The van der Waals surface area contributed by atoms with Gasteiger partial charge in [-0.05, 0) is 25.2 Å². The van der Waals surface area contributed by atoms with Gasteiger partial charge in [-0.25, -0.2) is 8.78 Å². The highest BCUT2D eigenvalue weighted by Gasteiger charge is 2.43. The van der Waals surface area contributed by atoms with Gasteiger partial charge < -0.3 is 10.6 Å². The molecule has 3 nitrogen and oxygen atoms in total. The molecule has 0 bridgehead atoms. The number of carbonyl (C=O) groups is 1. The van der Waals surface area contributed by atoms with Gasteiger partial charge >= 0.3 is 12.3 Å². The summed E-state index contributed by atoms with van der Waals surface area (Å²) in [5.41, 5.74) is 0. The number of amides is 1. The van der Waals surface area contributed by atoms with Crippen LogP contribution in [0.2, 0.25) is 0 Å². The molecule has 2 fully saturated rings. The maximum atomic E-state index is 12.7. The molecule has 0 aromatic carbocycles. The van der Waals surface area contributed by atoms with E-state index in [2.05, 4.69) is 5.32 Å². The van der Waals surface area contributed by atoms with Gasteiger partial charge in [-0.2, -0.15) is 8.78 Å². The van der Waals surface area contributed by atoms with Crippen LogP contribution in [0.4, 0.5) is 17.6 Å². The van der Waals surface area contributed by atoms with E-state index in [0.29, 0.717) is 12.3 Å². The molecule has 0 aromatic rings. The highest BCUT2D eigenvalue weighted by atomic mass is 19.3. The second-order valence-electron chi connectivity index (χ2n) is 5.39. The summed E-state index contributed by atoms with van der Waals surface area (Å²) in [6, 6.07) is -0.262. The van der Waals surface area contributed by atoms with E-state index in [9.17, 15) is 22.4 Å². The summed E-state index contributed by atoms with van der Waals surface area (Å²) in [6.45, 7) is -1.31. The Morgan fingerprint density at radius 1 is 1.32 bits per heavy atom. The van der Waals surface area contributed by atoms with Crippen LogP contribution in [0.1, 0.15) is 32.1 Å². The third-order valence-corrected chi connectivity index (χ3v) is 4.00. The molecule has 1 aliphatic heterocycles. The molecule has 3 unspecified atom stereocenters. The zero-order valence-corrected chi connectivity index (χ0v) is 10.5. The lowest BCUT2D eigenvalue weighted by Crippen LogP contribution is -2.48. The zero-order chi connectivity index (χ0) is 14.0. The Morgan fingerprint density at radius 2 is 2.00 bits per heavy atom. The van der Waals surface area contributed by atoms with Crippen LogP contribution in [0.3, 0.4) is 0 Å². The van der Waals surface area contributed by atoms with Crippen molar-refractivity contribution in [2.24, 2.45) is 5.92 Å². The normalized spacial score (nSPS) is 31.3. The zero-order valence-electron chi connectivity index (χ0n) is 10.5. The molecular weight excluding hydrogens is 264 g/mol. The van der Waals surface area contributed by atoms with Crippen molar-refractivity contribution in [2.75, 3.05) is 6.54 Å². The average Bonchev–Trinajstić information content (AvgIpc) is 2.79. The van der Waals surface area contributed by atoms with Crippen molar-refractivity contribution in [3.05, 3.63) is 0 Å². The predicted octanol–water partition coefficient (Wildman–Crippen LogP) is 1.92. The molecule has 3 atom stereocenters. The molecule has 1 saturated carbocycles. The van der Waals surface area contributed by atoms with Gasteiger partial charge in [0.2, 0.25) is 5.91 Å². The van der Waals surface area contributed by atoms with Crippen LogP contribution in [0.15, 0.2) is 0 Å². The number of hydrogen-bond donors (Lipinski definition) is 2. The van der Waals surface area contributed by atoms with Gasteiger partial charge in [0.1, 0.15) is 0 Å². The van der Waals surface area contributed by atoms with E-state index in [1.807, 2.05) is 5.32 Å². The lowest BCUT2D eigenvalue weighted by molar-refractivity contribution is -0.137. The number of alkyl halides is 4. The maximum Gasteiger partial charge on any atom is 0.324 e. The van der Waals surface area contributed by atoms with Crippen LogP contribution in [0, 0.1) is 5.92 Å². The molecule has 7 heteroatoms. The van der Waals surface area contributed by atoms with Gasteiger partial charge in [0, 0.05) is 6.04 Å². The molecule has 110 valence electrons. The number of fused-ring (bicyclic) bond motifs is 1. The molecular formula is C12H18F4N2O. The molecule has 2 aliphatic rings. The Kier molecular flexibility index (Phi) is 4.32. The van der Waals surface area contributed by atoms with Crippen molar-refractivity contribution in [3.8, 4) is 0 Å². The first-order valence-corrected chi connectivity index (χ1v) is 6.60. The third kappa shape index (κ3) is 3.38. The predicted molar refractivity (Wildman–Crippen MR) is 61.2 cm³/mol. The lowest BCUT2D eigenvalue weighted by atomic mass is 9.85. The molecule has 2 N–H and O–H groups in total. The fraction of sp³-hybridized carbons (Fsp3) is 0.917. The van der Waals surface area contributed by atoms with E-state index < -0.39 is 30.8 Å². The monoisotopic (exact) mass is 282 g/mol. The SMILES string of the molecule is O=C(NCC(F)(F)C(F)F)C1CC2CCCCC2N1. The van der Waals surface area contributed by atoms with Gasteiger partial charge in [0.15, 0.2) is 0 Å². The first-order chi connectivity index (χ1) is 8.90. The average molecular weight is 282 g/mol. The van der Waals surface area contributed by atoms with Crippen LogP contribution in [-0.4, -0.2) is 36.9 Å². The molecule has 1 amide bonds. The van der Waals surface area contributed by atoms with E-state index in [1.54, 1.807) is 0 Å². The Labute approximate surface area is 109 Å².